The van der Waals surface area contributed by atoms with Gasteiger partial charge in [0, 0.05) is 33.9 Å². The molecule has 2 unspecified atom stereocenters. The summed E-state index contributed by atoms with van der Waals surface area (Å²) in [7, 11) is 3.40. The molecule has 3 nitrogen and oxygen atoms in total. The highest BCUT2D eigenvalue weighted by atomic mass is 16.7. The van der Waals surface area contributed by atoms with Gasteiger partial charge in [0.2, 0.25) is 0 Å². The van der Waals surface area contributed by atoms with E-state index in [-0.39, 0.29) is 6.29 Å². The van der Waals surface area contributed by atoms with Crippen LogP contribution in [0.2, 0.25) is 0 Å². The van der Waals surface area contributed by atoms with Gasteiger partial charge >= 0.3 is 0 Å². The van der Waals surface area contributed by atoms with Gasteiger partial charge in [0.25, 0.3) is 0 Å². The Morgan fingerprint density at radius 3 is 2.07 bits per heavy atom. The van der Waals surface area contributed by atoms with Crippen molar-refractivity contribution in [1.82, 2.24) is 4.90 Å². The second-order valence-electron chi connectivity index (χ2n) is 4.57. The van der Waals surface area contributed by atoms with Crippen LogP contribution in [0.5, 0.6) is 0 Å². The second-order valence-corrected chi connectivity index (χ2v) is 4.57. The van der Waals surface area contributed by atoms with Gasteiger partial charge in [0.1, 0.15) is 0 Å². The van der Waals surface area contributed by atoms with Crippen LogP contribution < -0.4 is 0 Å². The number of likely N-dealkylation sites (tertiary alicyclic amines) is 1. The Kier molecular flexibility index (Phi) is 4.85. The monoisotopic (exact) mass is 201 g/mol. The fraction of sp³-hybridized carbons (Fsp3) is 1.00. The Morgan fingerprint density at radius 2 is 1.64 bits per heavy atom. The van der Waals surface area contributed by atoms with E-state index >= 15 is 0 Å². The SMILES string of the molecule is COC(CN1CC(C)CC(C)C1)OC. The third kappa shape index (κ3) is 3.56. The molecule has 2 atom stereocenters. The summed E-state index contributed by atoms with van der Waals surface area (Å²) in [5, 5.41) is 0. The van der Waals surface area contributed by atoms with Gasteiger partial charge in [-0.3, -0.25) is 4.90 Å². The van der Waals surface area contributed by atoms with E-state index in [9.17, 15) is 0 Å². The normalized spacial score (nSPS) is 29.8. The van der Waals surface area contributed by atoms with Crippen molar-refractivity contribution in [1.29, 1.82) is 0 Å². The van der Waals surface area contributed by atoms with Crippen LogP contribution in [0, 0.1) is 11.8 Å². The Balaban J connectivity index is 2.35. The summed E-state index contributed by atoms with van der Waals surface area (Å²) in [5.74, 6) is 1.60. The number of nitrogens with zero attached hydrogens (tertiary/aromatic N) is 1. The van der Waals surface area contributed by atoms with Crippen molar-refractivity contribution in [3.05, 3.63) is 0 Å². The summed E-state index contributed by atoms with van der Waals surface area (Å²) >= 11 is 0. The summed E-state index contributed by atoms with van der Waals surface area (Å²) in [4.78, 5) is 2.44. The molecule has 14 heavy (non-hydrogen) atoms. The van der Waals surface area contributed by atoms with Gasteiger partial charge in [-0.1, -0.05) is 13.8 Å². The summed E-state index contributed by atoms with van der Waals surface area (Å²) in [6.07, 6.45) is 1.27. The Hall–Kier alpha value is -0.120. The van der Waals surface area contributed by atoms with Crippen LogP contribution in [-0.4, -0.2) is 45.0 Å². The van der Waals surface area contributed by atoms with Crippen molar-refractivity contribution in [3.63, 3.8) is 0 Å². The lowest BCUT2D eigenvalue weighted by Gasteiger charge is -2.36. The summed E-state index contributed by atoms with van der Waals surface area (Å²) < 4.78 is 10.4. The zero-order chi connectivity index (χ0) is 10.6. The maximum absolute atomic E-state index is 5.21. The number of hydrogen-bond acceptors (Lipinski definition) is 3. The first-order chi connectivity index (χ1) is 6.65. The fourth-order valence-corrected chi connectivity index (χ4v) is 2.40. The lowest BCUT2D eigenvalue weighted by atomic mass is 9.92. The highest BCUT2D eigenvalue weighted by Crippen LogP contribution is 2.21. The molecule has 0 aliphatic carbocycles. The van der Waals surface area contributed by atoms with Crippen LogP contribution in [0.3, 0.4) is 0 Å². The molecule has 1 aliphatic rings. The van der Waals surface area contributed by atoms with Gasteiger partial charge in [0.05, 0.1) is 0 Å². The molecule has 0 bridgehead atoms. The maximum atomic E-state index is 5.21. The predicted octanol–water partition coefficient (Wildman–Crippen LogP) is 1.58. The summed E-state index contributed by atoms with van der Waals surface area (Å²) in [5.41, 5.74) is 0. The quantitative estimate of drug-likeness (QED) is 0.645. The van der Waals surface area contributed by atoms with E-state index in [0.717, 1.165) is 18.4 Å². The van der Waals surface area contributed by atoms with Crippen LogP contribution >= 0.6 is 0 Å². The molecule has 0 saturated carbocycles. The fourth-order valence-electron chi connectivity index (χ4n) is 2.40. The molecule has 0 amide bonds. The second kappa shape index (κ2) is 5.69. The Morgan fingerprint density at radius 1 is 1.14 bits per heavy atom. The third-order valence-electron chi connectivity index (χ3n) is 2.88. The summed E-state index contributed by atoms with van der Waals surface area (Å²) in [6.45, 7) is 7.87. The van der Waals surface area contributed by atoms with Crippen LogP contribution in [-0.2, 0) is 9.47 Å². The molecule has 0 radical (unpaired) electrons. The Bertz CT molecular complexity index is 149. The minimum atomic E-state index is -0.0764. The topological polar surface area (TPSA) is 21.7 Å². The van der Waals surface area contributed by atoms with E-state index in [1.807, 2.05) is 0 Å². The number of piperidine rings is 1. The summed E-state index contributed by atoms with van der Waals surface area (Å²) in [6, 6.07) is 0. The van der Waals surface area contributed by atoms with Gasteiger partial charge in [-0.2, -0.15) is 0 Å². The minimum Gasteiger partial charge on any atom is -0.355 e. The molecule has 0 spiro atoms. The highest BCUT2D eigenvalue weighted by Gasteiger charge is 2.23. The predicted molar refractivity (Wildman–Crippen MR) is 57.2 cm³/mol. The molecule has 0 aromatic carbocycles. The molecular weight excluding hydrogens is 178 g/mol. The van der Waals surface area contributed by atoms with E-state index in [1.54, 1.807) is 14.2 Å². The van der Waals surface area contributed by atoms with Crippen LogP contribution in [0.15, 0.2) is 0 Å². The van der Waals surface area contributed by atoms with Crippen molar-refractivity contribution in [2.75, 3.05) is 33.9 Å². The molecule has 84 valence electrons. The molecule has 0 aromatic rings. The molecule has 1 rings (SSSR count). The van der Waals surface area contributed by atoms with E-state index in [4.69, 9.17) is 9.47 Å². The molecule has 1 heterocycles. The number of rotatable bonds is 4. The first-order valence-corrected chi connectivity index (χ1v) is 5.43. The molecule has 3 heteroatoms. The Labute approximate surface area is 87.4 Å². The van der Waals surface area contributed by atoms with Gasteiger partial charge in [-0.05, 0) is 18.3 Å². The van der Waals surface area contributed by atoms with Crippen molar-refractivity contribution < 1.29 is 9.47 Å². The molecular formula is C11H23NO2. The number of methoxy groups -OCH3 is 2. The molecule has 1 saturated heterocycles. The molecule has 0 aromatic heterocycles. The van der Waals surface area contributed by atoms with Gasteiger partial charge in [-0.25, -0.2) is 0 Å². The van der Waals surface area contributed by atoms with E-state index in [2.05, 4.69) is 18.7 Å². The molecule has 0 N–H and O–H groups in total. The molecule has 1 fully saturated rings. The third-order valence-corrected chi connectivity index (χ3v) is 2.88. The average molecular weight is 201 g/mol. The smallest absolute Gasteiger partial charge is 0.169 e. The van der Waals surface area contributed by atoms with Crippen molar-refractivity contribution in [2.24, 2.45) is 11.8 Å². The maximum Gasteiger partial charge on any atom is 0.169 e. The van der Waals surface area contributed by atoms with E-state index in [1.165, 1.54) is 19.5 Å². The lowest BCUT2D eigenvalue weighted by Crippen LogP contribution is -2.43. The van der Waals surface area contributed by atoms with E-state index < -0.39 is 0 Å². The first-order valence-electron chi connectivity index (χ1n) is 5.43. The van der Waals surface area contributed by atoms with Crippen molar-refractivity contribution in [3.8, 4) is 0 Å². The van der Waals surface area contributed by atoms with Crippen molar-refractivity contribution in [2.45, 2.75) is 26.6 Å². The van der Waals surface area contributed by atoms with E-state index in [0.29, 0.717) is 0 Å². The molecule has 1 aliphatic heterocycles. The number of ether oxygens (including phenoxy) is 2. The van der Waals surface area contributed by atoms with Crippen LogP contribution in [0.1, 0.15) is 20.3 Å². The van der Waals surface area contributed by atoms with Gasteiger partial charge in [0.15, 0.2) is 6.29 Å². The van der Waals surface area contributed by atoms with Gasteiger partial charge < -0.3 is 9.47 Å². The first kappa shape index (κ1) is 12.0. The lowest BCUT2D eigenvalue weighted by molar-refractivity contribution is -0.121. The highest BCUT2D eigenvalue weighted by molar-refractivity contribution is 4.75. The van der Waals surface area contributed by atoms with Gasteiger partial charge in [-0.15, -0.1) is 0 Å². The standard InChI is InChI=1S/C11H23NO2/c1-9-5-10(2)7-12(6-9)8-11(13-3)14-4/h9-11H,5-8H2,1-4H3. The zero-order valence-corrected chi connectivity index (χ0v) is 9.82. The number of hydrogen-bond donors (Lipinski definition) is 0. The zero-order valence-electron chi connectivity index (χ0n) is 9.82. The average Bonchev–Trinajstić information content (AvgIpc) is 2.12. The largest absolute Gasteiger partial charge is 0.355 e. The van der Waals surface area contributed by atoms with Crippen molar-refractivity contribution >= 4 is 0 Å². The minimum absolute atomic E-state index is 0.0764. The van der Waals surface area contributed by atoms with Crippen LogP contribution in [0.25, 0.3) is 0 Å². The van der Waals surface area contributed by atoms with Crippen LogP contribution in [0.4, 0.5) is 0 Å².